The molecule has 1 N–H and O–H groups in total. The van der Waals surface area contributed by atoms with E-state index in [-0.39, 0.29) is 17.9 Å². The first-order chi connectivity index (χ1) is 9.25. The van der Waals surface area contributed by atoms with Gasteiger partial charge in [0.25, 0.3) is 0 Å². The fraction of sp³-hybridized carbons (Fsp3) is 0.312. The van der Waals surface area contributed by atoms with E-state index in [9.17, 15) is 9.90 Å². The van der Waals surface area contributed by atoms with Gasteiger partial charge in [-0.25, -0.2) is 4.79 Å². The van der Waals surface area contributed by atoms with Crippen molar-refractivity contribution in [3.8, 4) is 5.75 Å². The number of esters is 1. The zero-order valence-corrected chi connectivity index (χ0v) is 11.2. The van der Waals surface area contributed by atoms with Gasteiger partial charge in [0.2, 0.25) is 0 Å². The zero-order chi connectivity index (χ0) is 13.9. The van der Waals surface area contributed by atoms with Crippen LogP contribution in [0.25, 0.3) is 0 Å². The number of hydrogen-bond donors (Lipinski definition) is 1. The van der Waals surface area contributed by atoms with Crippen LogP contribution < -0.4 is 0 Å². The Morgan fingerprint density at radius 3 is 2.53 bits per heavy atom. The molecule has 3 heteroatoms. The number of para-hydroxylation sites is 1. The van der Waals surface area contributed by atoms with Gasteiger partial charge in [-0.15, -0.1) is 0 Å². The molecule has 3 nitrogen and oxygen atoms in total. The minimum absolute atomic E-state index is 0.0545. The SMILES string of the molecule is CCC=CCCC=CCOC(=O)c1ccccc1O. The highest BCUT2D eigenvalue weighted by Gasteiger charge is 2.10. The first-order valence-electron chi connectivity index (χ1n) is 6.50. The van der Waals surface area contributed by atoms with Crippen LogP contribution in [0.1, 0.15) is 36.5 Å². The number of rotatable bonds is 7. The van der Waals surface area contributed by atoms with Crippen LogP contribution in [0, 0.1) is 0 Å². The van der Waals surface area contributed by atoms with Gasteiger partial charge < -0.3 is 9.84 Å². The molecule has 0 aliphatic carbocycles. The summed E-state index contributed by atoms with van der Waals surface area (Å²) in [5.41, 5.74) is 0.196. The van der Waals surface area contributed by atoms with Crippen molar-refractivity contribution in [3.63, 3.8) is 0 Å². The van der Waals surface area contributed by atoms with Gasteiger partial charge in [0.1, 0.15) is 17.9 Å². The van der Waals surface area contributed by atoms with E-state index in [4.69, 9.17) is 4.74 Å². The van der Waals surface area contributed by atoms with Crippen molar-refractivity contribution in [2.24, 2.45) is 0 Å². The first-order valence-corrected chi connectivity index (χ1v) is 6.50. The van der Waals surface area contributed by atoms with Crippen molar-refractivity contribution in [2.45, 2.75) is 26.2 Å². The lowest BCUT2D eigenvalue weighted by Crippen LogP contribution is -2.05. The highest BCUT2D eigenvalue weighted by molar-refractivity contribution is 5.92. The Balaban J connectivity index is 2.26. The molecule has 0 amide bonds. The number of phenolic OH excluding ortho intramolecular Hbond substituents is 1. The number of carbonyl (C=O) groups is 1. The van der Waals surface area contributed by atoms with Crippen molar-refractivity contribution < 1.29 is 14.6 Å². The minimum atomic E-state index is -0.506. The maximum Gasteiger partial charge on any atom is 0.342 e. The van der Waals surface area contributed by atoms with Crippen LogP contribution >= 0.6 is 0 Å². The van der Waals surface area contributed by atoms with Gasteiger partial charge in [-0.1, -0.05) is 43.4 Å². The normalized spacial score (nSPS) is 11.2. The third-order valence-corrected chi connectivity index (χ3v) is 2.50. The lowest BCUT2D eigenvalue weighted by Gasteiger charge is -2.03. The quantitative estimate of drug-likeness (QED) is 0.460. The predicted octanol–water partition coefficient (Wildman–Crippen LogP) is 3.85. The van der Waals surface area contributed by atoms with Crippen molar-refractivity contribution >= 4 is 5.97 Å². The Morgan fingerprint density at radius 2 is 1.84 bits per heavy atom. The van der Waals surface area contributed by atoms with Crippen molar-refractivity contribution in [3.05, 3.63) is 54.1 Å². The van der Waals surface area contributed by atoms with Crippen molar-refractivity contribution in [2.75, 3.05) is 6.61 Å². The molecule has 1 rings (SSSR count). The van der Waals surface area contributed by atoms with E-state index in [1.54, 1.807) is 12.1 Å². The summed E-state index contributed by atoms with van der Waals surface area (Å²) in [6.07, 6.45) is 11.1. The van der Waals surface area contributed by atoms with E-state index in [1.165, 1.54) is 12.1 Å². The molecule has 1 aromatic rings. The second kappa shape index (κ2) is 8.97. The van der Waals surface area contributed by atoms with Crippen LogP contribution in [-0.4, -0.2) is 17.7 Å². The van der Waals surface area contributed by atoms with E-state index >= 15 is 0 Å². The Hall–Kier alpha value is -2.03. The van der Waals surface area contributed by atoms with Gasteiger partial charge in [0.05, 0.1) is 0 Å². The molecular weight excluding hydrogens is 240 g/mol. The Bertz CT molecular complexity index is 447. The topological polar surface area (TPSA) is 46.5 Å². The number of carbonyl (C=O) groups excluding carboxylic acids is 1. The molecule has 0 radical (unpaired) electrons. The van der Waals surface area contributed by atoms with Gasteiger partial charge in [-0.05, 0) is 31.4 Å². The molecule has 0 aliphatic rings. The molecule has 1 aromatic carbocycles. The lowest BCUT2D eigenvalue weighted by molar-refractivity contribution is 0.0546. The van der Waals surface area contributed by atoms with Gasteiger partial charge in [-0.2, -0.15) is 0 Å². The lowest BCUT2D eigenvalue weighted by atomic mass is 10.2. The molecule has 0 atom stereocenters. The molecule has 0 heterocycles. The van der Waals surface area contributed by atoms with Crippen molar-refractivity contribution in [1.29, 1.82) is 0 Å². The van der Waals surface area contributed by atoms with Crippen molar-refractivity contribution in [1.82, 2.24) is 0 Å². The fourth-order valence-corrected chi connectivity index (χ4v) is 1.51. The summed E-state index contributed by atoms with van der Waals surface area (Å²) in [6.45, 7) is 2.33. The fourth-order valence-electron chi connectivity index (χ4n) is 1.51. The molecule has 102 valence electrons. The summed E-state index contributed by atoms with van der Waals surface area (Å²) in [5.74, 6) is -0.560. The molecule has 0 aliphatic heterocycles. The number of unbranched alkanes of at least 4 members (excludes halogenated alkanes) is 1. The third-order valence-electron chi connectivity index (χ3n) is 2.50. The van der Waals surface area contributed by atoms with Crippen LogP contribution in [0.2, 0.25) is 0 Å². The van der Waals surface area contributed by atoms with Gasteiger partial charge in [0, 0.05) is 0 Å². The highest BCUT2D eigenvalue weighted by atomic mass is 16.5. The highest BCUT2D eigenvalue weighted by Crippen LogP contribution is 2.16. The molecular formula is C16H20O3. The minimum Gasteiger partial charge on any atom is -0.507 e. The predicted molar refractivity (Wildman–Crippen MR) is 76.2 cm³/mol. The van der Waals surface area contributed by atoms with Gasteiger partial charge >= 0.3 is 5.97 Å². The van der Waals surface area contributed by atoms with E-state index in [1.807, 2.05) is 12.2 Å². The Kier molecular flexibility index (Phi) is 7.10. The second-order valence-corrected chi connectivity index (χ2v) is 4.04. The number of phenols is 1. The van der Waals surface area contributed by atoms with Crippen LogP contribution in [-0.2, 0) is 4.74 Å². The van der Waals surface area contributed by atoms with E-state index in [0.29, 0.717) is 0 Å². The maximum atomic E-state index is 11.6. The smallest absolute Gasteiger partial charge is 0.342 e. The number of allylic oxidation sites excluding steroid dienone is 3. The largest absolute Gasteiger partial charge is 0.507 e. The van der Waals surface area contributed by atoms with Crippen LogP contribution in [0.5, 0.6) is 5.75 Å². The molecule has 0 saturated carbocycles. The molecule has 0 bridgehead atoms. The standard InChI is InChI=1S/C16H20O3/c1-2-3-4-5-6-7-10-13-19-16(18)14-11-8-9-12-15(14)17/h3-4,7-12,17H,2,5-6,13H2,1H3. The molecule has 0 unspecified atom stereocenters. The summed E-state index contributed by atoms with van der Waals surface area (Å²) in [7, 11) is 0. The number of hydrogen-bond acceptors (Lipinski definition) is 3. The summed E-state index contributed by atoms with van der Waals surface area (Å²) in [4.78, 5) is 11.6. The molecule has 0 fully saturated rings. The Labute approximate surface area is 114 Å². The number of ether oxygens (including phenoxy) is 1. The second-order valence-electron chi connectivity index (χ2n) is 4.04. The average molecular weight is 260 g/mol. The maximum absolute atomic E-state index is 11.6. The summed E-state index contributed by atoms with van der Waals surface area (Å²) in [5, 5.41) is 9.48. The zero-order valence-electron chi connectivity index (χ0n) is 11.2. The van der Waals surface area contributed by atoms with E-state index in [0.717, 1.165) is 19.3 Å². The third kappa shape index (κ3) is 5.91. The average Bonchev–Trinajstić information content (AvgIpc) is 2.42. The van der Waals surface area contributed by atoms with Crippen LogP contribution in [0.3, 0.4) is 0 Å². The summed E-state index contributed by atoms with van der Waals surface area (Å²) >= 11 is 0. The summed E-state index contributed by atoms with van der Waals surface area (Å²) < 4.78 is 5.03. The molecule has 0 aromatic heterocycles. The molecule has 0 saturated heterocycles. The first kappa shape index (κ1) is 15.0. The van der Waals surface area contributed by atoms with Crippen LogP contribution in [0.15, 0.2) is 48.6 Å². The Morgan fingerprint density at radius 1 is 1.16 bits per heavy atom. The van der Waals surface area contributed by atoms with Gasteiger partial charge in [0.15, 0.2) is 0 Å². The summed E-state index contributed by atoms with van der Waals surface area (Å²) in [6, 6.07) is 6.35. The monoisotopic (exact) mass is 260 g/mol. The van der Waals surface area contributed by atoms with E-state index in [2.05, 4.69) is 19.1 Å². The molecule has 0 spiro atoms. The van der Waals surface area contributed by atoms with Gasteiger partial charge in [-0.3, -0.25) is 0 Å². The molecule has 19 heavy (non-hydrogen) atoms. The number of aromatic hydroxyl groups is 1. The number of benzene rings is 1. The van der Waals surface area contributed by atoms with Crippen LogP contribution in [0.4, 0.5) is 0 Å². The van der Waals surface area contributed by atoms with E-state index < -0.39 is 5.97 Å².